The first-order valence-electron chi connectivity index (χ1n) is 3.31. The molecule has 60 valence electrons. The summed E-state index contributed by atoms with van der Waals surface area (Å²) in [5.41, 5.74) is 0.920. The van der Waals surface area contributed by atoms with Crippen LogP contribution in [0.4, 0.5) is 0 Å². The monoisotopic (exact) mass is 246 g/mol. The van der Waals surface area contributed by atoms with Crippen molar-refractivity contribution in [3.8, 4) is 11.4 Å². The molecule has 0 saturated heterocycles. The fourth-order valence-corrected chi connectivity index (χ4v) is 1.12. The van der Waals surface area contributed by atoms with Crippen molar-refractivity contribution in [3.63, 3.8) is 0 Å². The molecule has 13 heavy (non-hydrogen) atoms. The Bertz CT molecular complexity index is 358. The van der Waals surface area contributed by atoms with Gasteiger partial charge in [0.05, 0.1) is 5.82 Å². The zero-order valence-electron chi connectivity index (χ0n) is 6.98. The minimum Gasteiger partial charge on any atom is -0.331 e. The summed E-state index contributed by atoms with van der Waals surface area (Å²) in [6, 6.07) is 7.66. The van der Waals surface area contributed by atoms with Gasteiger partial charge in [-0.05, 0) is 17.7 Å². The van der Waals surface area contributed by atoms with Crippen LogP contribution < -0.4 is 34.8 Å². The standard InChI is InChI=1S/C7H4BrN4.Na/c8-6-3-1-5(2-4-6)7-9-11-12-10-7;/h1-4H;/q-1;+1. The molecule has 0 atom stereocenters. The first-order valence-corrected chi connectivity index (χ1v) is 4.10. The van der Waals surface area contributed by atoms with Crippen LogP contribution >= 0.6 is 15.9 Å². The summed E-state index contributed by atoms with van der Waals surface area (Å²) in [6.07, 6.45) is 0. The van der Waals surface area contributed by atoms with Crippen LogP contribution in [0.2, 0.25) is 0 Å². The Balaban J connectivity index is 0.000000845. The van der Waals surface area contributed by atoms with Crippen molar-refractivity contribution in [2.45, 2.75) is 0 Å². The Kier molecular flexibility index (Phi) is 4.05. The van der Waals surface area contributed by atoms with Crippen molar-refractivity contribution in [1.29, 1.82) is 0 Å². The van der Waals surface area contributed by atoms with E-state index in [4.69, 9.17) is 0 Å². The SMILES string of the molecule is Brc1ccc(-c2nn[n-]n2)cc1.[Na+]. The van der Waals surface area contributed by atoms with Gasteiger partial charge in [0, 0.05) is 4.47 Å². The quantitative estimate of drug-likeness (QED) is 0.561. The van der Waals surface area contributed by atoms with Gasteiger partial charge in [0.25, 0.3) is 0 Å². The van der Waals surface area contributed by atoms with E-state index in [1.165, 1.54) is 0 Å². The topological polar surface area (TPSA) is 52.8 Å². The molecule has 0 amide bonds. The molecular weight excluding hydrogens is 243 g/mol. The van der Waals surface area contributed by atoms with Gasteiger partial charge in [-0.3, -0.25) is 10.4 Å². The molecule has 0 radical (unpaired) electrons. The molecule has 0 N–H and O–H groups in total. The molecule has 0 bridgehead atoms. The molecule has 0 aliphatic rings. The van der Waals surface area contributed by atoms with E-state index >= 15 is 0 Å². The summed E-state index contributed by atoms with van der Waals surface area (Å²) in [4.78, 5) is 0. The molecule has 0 fully saturated rings. The van der Waals surface area contributed by atoms with E-state index in [2.05, 4.69) is 36.6 Å². The summed E-state index contributed by atoms with van der Waals surface area (Å²) in [7, 11) is 0. The van der Waals surface area contributed by atoms with Crippen LogP contribution in [0, 0.1) is 0 Å². The predicted molar refractivity (Wildman–Crippen MR) is 46.3 cm³/mol. The summed E-state index contributed by atoms with van der Waals surface area (Å²) in [5, 5.41) is 14.3. The Morgan fingerprint density at radius 2 is 1.85 bits per heavy atom. The molecule has 6 heteroatoms. The van der Waals surface area contributed by atoms with Gasteiger partial charge < -0.3 is 5.10 Å². The number of nitrogens with zero attached hydrogens (tertiary/aromatic N) is 4. The van der Waals surface area contributed by atoms with Gasteiger partial charge in [0.1, 0.15) is 0 Å². The van der Waals surface area contributed by atoms with Gasteiger partial charge in [0.2, 0.25) is 0 Å². The largest absolute Gasteiger partial charge is 1.00 e. The minimum absolute atomic E-state index is 0. The van der Waals surface area contributed by atoms with Crippen LogP contribution in [0.25, 0.3) is 11.4 Å². The van der Waals surface area contributed by atoms with E-state index in [1.807, 2.05) is 24.3 Å². The number of aromatic nitrogens is 4. The number of tetrazole rings is 1. The molecular formula is C7H4BrN4Na. The third kappa shape index (κ3) is 2.60. The van der Waals surface area contributed by atoms with Crippen molar-refractivity contribution < 1.29 is 29.6 Å². The molecule has 0 unspecified atom stereocenters. The third-order valence-corrected chi connectivity index (χ3v) is 1.95. The van der Waals surface area contributed by atoms with Crippen LogP contribution in [0.15, 0.2) is 28.7 Å². The van der Waals surface area contributed by atoms with Crippen molar-refractivity contribution in [2.24, 2.45) is 0 Å². The van der Waals surface area contributed by atoms with Crippen LogP contribution in [0.5, 0.6) is 0 Å². The summed E-state index contributed by atoms with van der Waals surface area (Å²) in [5.74, 6) is 0.558. The van der Waals surface area contributed by atoms with Gasteiger partial charge in [-0.2, -0.15) is 0 Å². The fourth-order valence-electron chi connectivity index (χ4n) is 0.859. The van der Waals surface area contributed by atoms with E-state index in [-0.39, 0.29) is 29.6 Å². The summed E-state index contributed by atoms with van der Waals surface area (Å²) in [6.45, 7) is 0. The van der Waals surface area contributed by atoms with Crippen LogP contribution in [0.3, 0.4) is 0 Å². The van der Waals surface area contributed by atoms with Crippen molar-refractivity contribution >= 4 is 15.9 Å². The van der Waals surface area contributed by atoms with E-state index < -0.39 is 0 Å². The van der Waals surface area contributed by atoms with E-state index in [0.717, 1.165) is 10.0 Å². The average Bonchev–Trinajstić information content (AvgIpc) is 2.58. The number of hydrogen-bond acceptors (Lipinski definition) is 3. The molecule has 0 saturated carbocycles. The van der Waals surface area contributed by atoms with Crippen molar-refractivity contribution in [2.75, 3.05) is 0 Å². The van der Waals surface area contributed by atoms with Gasteiger partial charge in [-0.15, -0.1) is 0 Å². The van der Waals surface area contributed by atoms with Crippen molar-refractivity contribution in [1.82, 2.24) is 20.6 Å². The summed E-state index contributed by atoms with van der Waals surface area (Å²) >= 11 is 3.34. The molecule has 0 aliphatic carbocycles. The van der Waals surface area contributed by atoms with E-state index in [0.29, 0.717) is 5.82 Å². The van der Waals surface area contributed by atoms with Gasteiger partial charge in [-0.25, -0.2) is 5.10 Å². The third-order valence-electron chi connectivity index (χ3n) is 1.42. The second-order valence-corrected chi connectivity index (χ2v) is 3.13. The van der Waals surface area contributed by atoms with Gasteiger partial charge in [-0.1, -0.05) is 28.1 Å². The zero-order chi connectivity index (χ0) is 8.39. The molecule has 2 aromatic rings. The maximum absolute atomic E-state index is 3.73. The number of hydrogen-bond donors (Lipinski definition) is 0. The second-order valence-electron chi connectivity index (χ2n) is 2.21. The van der Waals surface area contributed by atoms with Gasteiger partial charge >= 0.3 is 29.6 Å². The normalized spacial score (nSPS) is 9.31. The predicted octanol–water partition coefficient (Wildman–Crippen LogP) is -1.74. The van der Waals surface area contributed by atoms with Crippen LogP contribution in [-0.4, -0.2) is 15.4 Å². The van der Waals surface area contributed by atoms with Crippen molar-refractivity contribution in [3.05, 3.63) is 28.7 Å². The number of rotatable bonds is 1. The molecule has 2 rings (SSSR count). The summed E-state index contributed by atoms with van der Waals surface area (Å²) < 4.78 is 1.03. The maximum atomic E-state index is 3.73. The first-order chi connectivity index (χ1) is 5.86. The second kappa shape index (κ2) is 4.85. The Hall–Kier alpha value is -0.230. The fraction of sp³-hybridized carbons (Fsp3) is 0. The molecule has 1 aromatic carbocycles. The molecule has 0 spiro atoms. The van der Waals surface area contributed by atoms with Crippen LogP contribution in [0.1, 0.15) is 0 Å². The Labute approximate surface area is 106 Å². The Morgan fingerprint density at radius 3 is 2.38 bits per heavy atom. The molecule has 1 aromatic heterocycles. The molecule has 4 nitrogen and oxygen atoms in total. The molecule has 0 aliphatic heterocycles. The number of benzene rings is 1. The number of halogens is 1. The zero-order valence-corrected chi connectivity index (χ0v) is 10.6. The van der Waals surface area contributed by atoms with E-state index in [1.54, 1.807) is 0 Å². The first kappa shape index (κ1) is 10.8. The van der Waals surface area contributed by atoms with E-state index in [9.17, 15) is 0 Å². The average molecular weight is 247 g/mol. The van der Waals surface area contributed by atoms with Crippen LogP contribution in [-0.2, 0) is 0 Å². The smallest absolute Gasteiger partial charge is 0.331 e. The minimum atomic E-state index is 0. The molecule has 1 heterocycles. The van der Waals surface area contributed by atoms with Gasteiger partial charge in [0.15, 0.2) is 0 Å². The maximum Gasteiger partial charge on any atom is 1.00 e. The Morgan fingerprint density at radius 1 is 1.15 bits per heavy atom.